The van der Waals surface area contributed by atoms with Crippen LogP contribution in [-0.4, -0.2) is 35.6 Å². The van der Waals surface area contributed by atoms with Gasteiger partial charge < -0.3 is 24.8 Å². The molecule has 0 saturated heterocycles. The third-order valence-electron chi connectivity index (χ3n) is 3.53. The van der Waals surface area contributed by atoms with E-state index < -0.39 is 18.5 Å². The number of aromatic amines is 2. The molecule has 0 aliphatic heterocycles. The Morgan fingerprint density at radius 2 is 1.88 bits per heavy atom. The maximum absolute atomic E-state index is 12.1. The summed E-state index contributed by atoms with van der Waals surface area (Å²) in [6.45, 7) is -0.454. The molecule has 0 radical (unpaired) electrons. The average Bonchev–Trinajstić information content (AvgIpc) is 2.99. The van der Waals surface area contributed by atoms with E-state index in [1.165, 1.54) is 13.2 Å². The van der Waals surface area contributed by atoms with Crippen molar-refractivity contribution in [1.29, 1.82) is 0 Å². The van der Waals surface area contributed by atoms with E-state index in [9.17, 15) is 14.4 Å². The number of anilines is 1. The number of fused-ring (bicyclic) bond motifs is 1. The van der Waals surface area contributed by atoms with Gasteiger partial charge >= 0.3 is 11.7 Å². The second-order valence-electron chi connectivity index (χ2n) is 5.31. The molecule has 0 fully saturated rings. The Labute approximate surface area is 155 Å². The fraction of sp³-hybridized carbons (Fsp3) is 0.118. The van der Waals surface area contributed by atoms with Gasteiger partial charge in [-0.1, -0.05) is 0 Å². The van der Waals surface area contributed by atoms with Crippen molar-refractivity contribution >= 4 is 44.5 Å². The lowest BCUT2D eigenvalue weighted by molar-refractivity contribution is -0.119. The highest BCUT2D eigenvalue weighted by atomic mass is 79.9. The number of aromatic nitrogens is 2. The highest BCUT2D eigenvalue weighted by molar-refractivity contribution is 9.10. The Hall–Kier alpha value is -3.07. The molecule has 1 amide bonds. The molecule has 1 heterocycles. The third-order valence-corrected chi connectivity index (χ3v) is 4.22. The zero-order valence-electron chi connectivity index (χ0n) is 13.6. The summed E-state index contributed by atoms with van der Waals surface area (Å²) in [4.78, 5) is 40.6. The largest absolute Gasteiger partial charge is 0.497 e. The van der Waals surface area contributed by atoms with Crippen LogP contribution in [0.15, 0.2) is 45.7 Å². The summed E-state index contributed by atoms with van der Waals surface area (Å²) in [7, 11) is 1.49. The zero-order chi connectivity index (χ0) is 18.7. The van der Waals surface area contributed by atoms with Gasteiger partial charge in [0.15, 0.2) is 6.61 Å². The Bertz CT molecular complexity index is 1040. The number of H-pyrrole nitrogens is 2. The van der Waals surface area contributed by atoms with Crippen molar-refractivity contribution in [2.45, 2.75) is 0 Å². The number of nitrogens with one attached hydrogen (secondary N) is 3. The smallest absolute Gasteiger partial charge is 0.339 e. The van der Waals surface area contributed by atoms with Crippen LogP contribution in [-0.2, 0) is 9.53 Å². The van der Waals surface area contributed by atoms with Crippen molar-refractivity contribution in [2.75, 3.05) is 19.0 Å². The fourth-order valence-corrected chi connectivity index (χ4v) is 2.71. The molecule has 0 spiro atoms. The standard InChI is InChI=1S/C17H14BrN3O5/c1-25-10-3-4-12(18)11(7-10)16(23)26-8-15(22)19-9-2-5-13-14(6-9)21-17(24)20-13/h2-7H,8H2,1H3,(H,19,22)(H2,20,21,24). The Morgan fingerprint density at radius 3 is 2.65 bits per heavy atom. The molecule has 134 valence electrons. The Morgan fingerprint density at radius 1 is 1.12 bits per heavy atom. The first kappa shape index (κ1) is 17.7. The highest BCUT2D eigenvalue weighted by Gasteiger charge is 2.15. The number of imidazole rings is 1. The second kappa shape index (κ2) is 7.44. The molecule has 0 unspecified atom stereocenters. The first-order valence-corrected chi connectivity index (χ1v) is 8.28. The van der Waals surface area contributed by atoms with E-state index in [2.05, 4.69) is 31.2 Å². The maximum Gasteiger partial charge on any atom is 0.339 e. The van der Waals surface area contributed by atoms with Crippen LogP contribution in [0.5, 0.6) is 5.75 Å². The maximum atomic E-state index is 12.1. The molecule has 0 saturated carbocycles. The molecule has 9 heteroatoms. The van der Waals surface area contributed by atoms with Gasteiger partial charge in [0.2, 0.25) is 0 Å². The predicted octanol–water partition coefficient (Wildman–Crippen LogP) is 2.42. The number of rotatable bonds is 5. The molecule has 0 atom stereocenters. The minimum Gasteiger partial charge on any atom is -0.497 e. The summed E-state index contributed by atoms with van der Waals surface area (Å²) >= 11 is 3.26. The predicted molar refractivity (Wildman–Crippen MR) is 98.5 cm³/mol. The topological polar surface area (TPSA) is 113 Å². The first-order valence-electron chi connectivity index (χ1n) is 7.49. The number of amides is 1. The van der Waals surface area contributed by atoms with Gasteiger partial charge in [-0.25, -0.2) is 9.59 Å². The summed E-state index contributed by atoms with van der Waals surface area (Å²) in [5, 5.41) is 2.60. The van der Waals surface area contributed by atoms with E-state index in [0.717, 1.165) is 0 Å². The van der Waals surface area contributed by atoms with Crippen LogP contribution < -0.4 is 15.7 Å². The Kier molecular flexibility index (Phi) is 5.08. The molecule has 0 aliphatic rings. The normalized spacial score (nSPS) is 10.5. The lowest BCUT2D eigenvalue weighted by Gasteiger charge is -2.09. The molecule has 3 N–H and O–H groups in total. The van der Waals surface area contributed by atoms with Crippen molar-refractivity contribution in [1.82, 2.24) is 9.97 Å². The number of carbonyl (C=O) groups is 2. The van der Waals surface area contributed by atoms with E-state index >= 15 is 0 Å². The van der Waals surface area contributed by atoms with Crippen LogP contribution in [0.1, 0.15) is 10.4 Å². The molecule has 3 rings (SSSR count). The van der Waals surface area contributed by atoms with Crippen molar-refractivity contribution < 1.29 is 19.1 Å². The summed E-state index contributed by atoms with van der Waals surface area (Å²) in [6, 6.07) is 9.75. The van der Waals surface area contributed by atoms with E-state index in [-0.39, 0.29) is 11.3 Å². The van der Waals surface area contributed by atoms with E-state index in [1.807, 2.05) is 0 Å². The lowest BCUT2D eigenvalue weighted by Crippen LogP contribution is -2.21. The first-order chi connectivity index (χ1) is 12.5. The molecule has 0 aliphatic carbocycles. The minimum atomic E-state index is -0.656. The number of esters is 1. The van der Waals surface area contributed by atoms with Crippen LogP contribution in [0, 0.1) is 0 Å². The SMILES string of the molecule is COc1ccc(Br)c(C(=O)OCC(=O)Nc2ccc3[nH]c(=O)[nH]c3c2)c1. The monoisotopic (exact) mass is 419 g/mol. The summed E-state index contributed by atoms with van der Waals surface area (Å²) in [6.07, 6.45) is 0. The minimum absolute atomic E-state index is 0.253. The number of hydrogen-bond acceptors (Lipinski definition) is 5. The molecule has 1 aromatic heterocycles. The van der Waals surface area contributed by atoms with Gasteiger partial charge in [0.05, 0.1) is 23.7 Å². The van der Waals surface area contributed by atoms with Gasteiger partial charge in [-0.15, -0.1) is 0 Å². The van der Waals surface area contributed by atoms with Crippen LogP contribution in [0.2, 0.25) is 0 Å². The van der Waals surface area contributed by atoms with Gasteiger partial charge in [-0.2, -0.15) is 0 Å². The van der Waals surface area contributed by atoms with E-state index in [1.54, 1.807) is 30.3 Å². The van der Waals surface area contributed by atoms with Gasteiger partial charge in [0.1, 0.15) is 5.75 Å². The van der Waals surface area contributed by atoms with Crippen molar-refractivity contribution in [3.63, 3.8) is 0 Å². The van der Waals surface area contributed by atoms with Gasteiger partial charge in [0, 0.05) is 10.2 Å². The number of methoxy groups -OCH3 is 1. The fourth-order valence-electron chi connectivity index (χ4n) is 2.30. The molecule has 3 aromatic rings. The number of hydrogen-bond donors (Lipinski definition) is 3. The average molecular weight is 420 g/mol. The van der Waals surface area contributed by atoms with Crippen molar-refractivity contribution in [3.8, 4) is 5.75 Å². The number of ether oxygens (including phenoxy) is 2. The molecule has 26 heavy (non-hydrogen) atoms. The molecule has 2 aromatic carbocycles. The second-order valence-corrected chi connectivity index (χ2v) is 6.16. The summed E-state index contributed by atoms with van der Waals surface area (Å²) in [5.74, 6) is -0.663. The van der Waals surface area contributed by atoms with Gasteiger partial charge in [-0.3, -0.25) is 4.79 Å². The van der Waals surface area contributed by atoms with E-state index in [4.69, 9.17) is 9.47 Å². The van der Waals surface area contributed by atoms with Gasteiger partial charge in [0.25, 0.3) is 5.91 Å². The molecule has 8 nitrogen and oxygen atoms in total. The third kappa shape index (κ3) is 3.94. The highest BCUT2D eigenvalue weighted by Crippen LogP contribution is 2.23. The van der Waals surface area contributed by atoms with Crippen LogP contribution in [0.25, 0.3) is 11.0 Å². The Balaban J connectivity index is 1.62. The van der Waals surface area contributed by atoms with Crippen molar-refractivity contribution in [2.24, 2.45) is 0 Å². The van der Waals surface area contributed by atoms with Crippen molar-refractivity contribution in [3.05, 3.63) is 56.9 Å². The van der Waals surface area contributed by atoms with E-state index in [0.29, 0.717) is 26.9 Å². The van der Waals surface area contributed by atoms with Crippen LogP contribution in [0.3, 0.4) is 0 Å². The van der Waals surface area contributed by atoms with Crippen LogP contribution >= 0.6 is 15.9 Å². The number of halogens is 1. The number of benzene rings is 2. The summed E-state index contributed by atoms with van der Waals surface area (Å²) in [5.41, 5.74) is 1.58. The zero-order valence-corrected chi connectivity index (χ0v) is 15.2. The quantitative estimate of drug-likeness (QED) is 0.549. The van der Waals surface area contributed by atoms with Crippen LogP contribution in [0.4, 0.5) is 5.69 Å². The molecular weight excluding hydrogens is 406 g/mol. The van der Waals surface area contributed by atoms with Gasteiger partial charge in [-0.05, 0) is 52.3 Å². The lowest BCUT2D eigenvalue weighted by atomic mass is 10.2. The molecule has 0 bridgehead atoms. The number of carbonyl (C=O) groups excluding carboxylic acids is 2. The molecular formula is C17H14BrN3O5. The summed E-state index contributed by atoms with van der Waals surface area (Å²) < 4.78 is 10.6.